The fourth-order valence-electron chi connectivity index (χ4n) is 3.75. The summed E-state index contributed by atoms with van der Waals surface area (Å²) in [5.74, 6) is 0.937. The highest BCUT2D eigenvalue weighted by Gasteiger charge is 2.27. The molecule has 1 fully saturated rings. The summed E-state index contributed by atoms with van der Waals surface area (Å²) < 4.78 is 5.69. The highest BCUT2D eigenvalue weighted by Crippen LogP contribution is 2.37. The van der Waals surface area contributed by atoms with E-state index in [1.807, 2.05) is 24.4 Å². The first kappa shape index (κ1) is 16.1. The van der Waals surface area contributed by atoms with Crippen LogP contribution in [-0.2, 0) is 0 Å². The second kappa shape index (κ2) is 7.21. The van der Waals surface area contributed by atoms with Crippen LogP contribution in [0.2, 0.25) is 0 Å². The van der Waals surface area contributed by atoms with Crippen LogP contribution in [0.3, 0.4) is 0 Å². The van der Waals surface area contributed by atoms with Crippen LogP contribution in [0.25, 0.3) is 10.9 Å². The molecule has 0 amide bonds. The van der Waals surface area contributed by atoms with Crippen molar-refractivity contribution in [2.24, 2.45) is 0 Å². The van der Waals surface area contributed by atoms with Gasteiger partial charge in [0, 0.05) is 43.3 Å². The number of fused-ring (bicyclic) bond motifs is 1. The van der Waals surface area contributed by atoms with E-state index in [-0.39, 0.29) is 6.04 Å². The van der Waals surface area contributed by atoms with Gasteiger partial charge >= 0.3 is 0 Å². The van der Waals surface area contributed by atoms with Crippen molar-refractivity contribution in [3.8, 4) is 5.75 Å². The van der Waals surface area contributed by atoms with Gasteiger partial charge < -0.3 is 10.1 Å². The Labute approximate surface area is 148 Å². The van der Waals surface area contributed by atoms with Gasteiger partial charge in [-0.15, -0.1) is 0 Å². The van der Waals surface area contributed by atoms with Crippen LogP contribution in [0.15, 0.2) is 60.8 Å². The second-order valence-corrected chi connectivity index (χ2v) is 6.35. The number of benzene rings is 2. The van der Waals surface area contributed by atoms with Gasteiger partial charge in [-0.25, -0.2) is 0 Å². The second-order valence-electron chi connectivity index (χ2n) is 6.35. The van der Waals surface area contributed by atoms with Crippen LogP contribution in [0, 0.1) is 0 Å². The molecular formula is C21H23N3O. The molecule has 4 nitrogen and oxygen atoms in total. The maximum atomic E-state index is 5.69. The van der Waals surface area contributed by atoms with Crippen LogP contribution in [-0.4, -0.2) is 43.2 Å². The van der Waals surface area contributed by atoms with Crippen LogP contribution in [0.1, 0.15) is 17.2 Å². The lowest BCUT2D eigenvalue weighted by molar-refractivity contribution is 0.196. The summed E-state index contributed by atoms with van der Waals surface area (Å²) >= 11 is 0. The maximum Gasteiger partial charge on any atom is 0.123 e. The molecule has 3 aromatic rings. The van der Waals surface area contributed by atoms with Crippen molar-refractivity contribution in [3.63, 3.8) is 0 Å². The number of rotatable bonds is 4. The van der Waals surface area contributed by atoms with Crippen molar-refractivity contribution in [3.05, 3.63) is 71.9 Å². The SMILES string of the molecule is COc1ccccc1C(c1ccnc2ccccc12)N1CCNCC1. The Morgan fingerprint density at radius 1 is 0.960 bits per heavy atom. The lowest BCUT2D eigenvalue weighted by Crippen LogP contribution is -2.45. The molecule has 128 valence electrons. The molecule has 1 aliphatic rings. The average Bonchev–Trinajstić information content (AvgIpc) is 2.70. The molecule has 0 saturated carbocycles. The number of piperazine rings is 1. The number of nitrogens with one attached hydrogen (secondary N) is 1. The molecule has 25 heavy (non-hydrogen) atoms. The minimum absolute atomic E-state index is 0.158. The van der Waals surface area contributed by atoms with Gasteiger partial charge in [-0.2, -0.15) is 0 Å². The molecule has 4 rings (SSSR count). The van der Waals surface area contributed by atoms with E-state index in [0.717, 1.165) is 37.4 Å². The van der Waals surface area contributed by atoms with Gasteiger partial charge in [-0.3, -0.25) is 9.88 Å². The summed E-state index contributed by atoms with van der Waals surface area (Å²) in [5.41, 5.74) is 3.54. The molecule has 2 aromatic carbocycles. The van der Waals surface area contributed by atoms with Crippen molar-refractivity contribution in [2.75, 3.05) is 33.3 Å². The van der Waals surface area contributed by atoms with Crippen LogP contribution in [0.4, 0.5) is 0 Å². The molecule has 2 heterocycles. The largest absolute Gasteiger partial charge is 0.496 e. The van der Waals surface area contributed by atoms with Crippen molar-refractivity contribution >= 4 is 10.9 Å². The molecule has 0 bridgehead atoms. The summed E-state index contributed by atoms with van der Waals surface area (Å²) in [5, 5.41) is 4.66. The number of para-hydroxylation sites is 2. The zero-order valence-corrected chi connectivity index (χ0v) is 14.5. The van der Waals surface area contributed by atoms with Gasteiger partial charge in [-0.05, 0) is 23.8 Å². The van der Waals surface area contributed by atoms with Crippen LogP contribution in [0.5, 0.6) is 5.75 Å². The van der Waals surface area contributed by atoms with Gasteiger partial charge in [0.15, 0.2) is 0 Å². The maximum absolute atomic E-state index is 5.69. The minimum Gasteiger partial charge on any atom is -0.496 e. The van der Waals surface area contributed by atoms with E-state index in [2.05, 4.69) is 51.6 Å². The van der Waals surface area contributed by atoms with E-state index < -0.39 is 0 Å². The van der Waals surface area contributed by atoms with E-state index in [1.54, 1.807) is 7.11 Å². The Morgan fingerprint density at radius 2 is 1.72 bits per heavy atom. The molecule has 1 saturated heterocycles. The third-order valence-electron chi connectivity index (χ3n) is 4.93. The van der Waals surface area contributed by atoms with Crippen molar-refractivity contribution in [1.82, 2.24) is 15.2 Å². The quantitative estimate of drug-likeness (QED) is 0.795. The van der Waals surface area contributed by atoms with Gasteiger partial charge in [-0.1, -0.05) is 36.4 Å². The molecule has 4 heteroatoms. The van der Waals surface area contributed by atoms with E-state index in [0.29, 0.717) is 0 Å². The monoisotopic (exact) mass is 333 g/mol. The molecule has 1 atom stereocenters. The molecule has 1 aliphatic heterocycles. The molecule has 0 spiro atoms. The van der Waals surface area contributed by atoms with Crippen LogP contribution >= 0.6 is 0 Å². The van der Waals surface area contributed by atoms with Gasteiger partial charge in [0.2, 0.25) is 0 Å². The van der Waals surface area contributed by atoms with E-state index in [9.17, 15) is 0 Å². The number of ether oxygens (including phenoxy) is 1. The lowest BCUT2D eigenvalue weighted by atomic mass is 9.93. The Kier molecular flexibility index (Phi) is 4.63. The summed E-state index contributed by atoms with van der Waals surface area (Å²) in [7, 11) is 1.75. The first-order valence-corrected chi connectivity index (χ1v) is 8.80. The van der Waals surface area contributed by atoms with Gasteiger partial charge in [0.05, 0.1) is 18.7 Å². The van der Waals surface area contributed by atoms with Gasteiger partial charge in [0.1, 0.15) is 5.75 Å². The third kappa shape index (κ3) is 3.11. The Hall–Kier alpha value is -2.43. The van der Waals surface area contributed by atoms with Crippen molar-refractivity contribution < 1.29 is 4.74 Å². The fraction of sp³-hybridized carbons (Fsp3) is 0.286. The number of nitrogens with zero attached hydrogens (tertiary/aromatic N) is 2. The zero-order valence-electron chi connectivity index (χ0n) is 14.5. The summed E-state index contributed by atoms with van der Waals surface area (Å²) in [6, 6.07) is 19.0. The summed E-state index contributed by atoms with van der Waals surface area (Å²) in [6.07, 6.45) is 1.92. The lowest BCUT2D eigenvalue weighted by Gasteiger charge is -2.36. The number of aromatic nitrogens is 1. The van der Waals surface area contributed by atoms with Gasteiger partial charge in [0.25, 0.3) is 0 Å². The fourth-order valence-corrected chi connectivity index (χ4v) is 3.75. The highest BCUT2D eigenvalue weighted by molar-refractivity contribution is 5.83. The Bertz CT molecular complexity index is 853. The molecule has 0 radical (unpaired) electrons. The average molecular weight is 333 g/mol. The topological polar surface area (TPSA) is 37.4 Å². The number of hydrogen-bond acceptors (Lipinski definition) is 4. The smallest absolute Gasteiger partial charge is 0.123 e. The standard InChI is InChI=1S/C21H23N3O/c1-25-20-9-5-3-7-18(20)21(24-14-12-22-13-15-24)17-10-11-23-19-8-4-2-6-16(17)19/h2-11,21-22H,12-15H2,1H3. The number of hydrogen-bond donors (Lipinski definition) is 1. The number of pyridine rings is 1. The Morgan fingerprint density at radius 3 is 2.56 bits per heavy atom. The zero-order chi connectivity index (χ0) is 17.1. The highest BCUT2D eigenvalue weighted by atomic mass is 16.5. The third-order valence-corrected chi connectivity index (χ3v) is 4.93. The van der Waals surface area contributed by atoms with E-state index in [1.165, 1.54) is 16.5 Å². The number of methoxy groups -OCH3 is 1. The first-order valence-electron chi connectivity index (χ1n) is 8.80. The van der Waals surface area contributed by atoms with E-state index >= 15 is 0 Å². The van der Waals surface area contributed by atoms with Crippen molar-refractivity contribution in [1.29, 1.82) is 0 Å². The molecular weight excluding hydrogens is 310 g/mol. The minimum atomic E-state index is 0.158. The summed E-state index contributed by atoms with van der Waals surface area (Å²) in [6.45, 7) is 4.04. The molecule has 1 aromatic heterocycles. The molecule has 1 N–H and O–H groups in total. The Balaban J connectivity index is 1.90. The first-order chi connectivity index (χ1) is 12.4. The predicted molar refractivity (Wildman–Crippen MR) is 101 cm³/mol. The van der Waals surface area contributed by atoms with Crippen LogP contribution < -0.4 is 10.1 Å². The normalized spacial score (nSPS) is 16.7. The predicted octanol–water partition coefficient (Wildman–Crippen LogP) is 3.24. The van der Waals surface area contributed by atoms with Crippen molar-refractivity contribution in [2.45, 2.75) is 6.04 Å². The molecule has 1 unspecified atom stereocenters. The molecule has 0 aliphatic carbocycles. The summed E-state index contributed by atoms with van der Waals surface area (Å²) in [4.78, 5) is 7.08. The van der Waals surface area contributed by atoms with E-state index in [4.69, 9.17) is 4.74 Å².